The molecule has 2 fully saturated rings. The zero-order valence-corrected chi connectivity index (χ0v) is 15.8. The van der Waals surface area contributed by atoms with Crippen LogP contribution in [0, 0.1) is 0 Å². The average molecular weight is 390 g/mol. The van der Waals surface area contributed by atoms with Crippen molar-refractivity contribution in [3.05, 3.63) is 18.2 Å². The summed E-state index contributed by atoms with van der Waals surface area (Å²) in [4.78, 5) is 0.101. The number of sulfonamides is 2. The van der Waals surface area contributed by atoms with E-state index in [0.717, 1.165) is 0 Å². The van der Waals surface area contributed by atoms with Crippen LogP contribution in [0.3, 0.4) is 0 Å². The molecule has 25 heavy (non-hydrogen) atoms. The van der Waals surface area contributed by atoms with Gasteiger partial charge in [-0.2, -0.15) is 8.61 Å². The molecule has 10 heteroatoms. The van der Waals surface area contributed by atoms with Gasteiger partial charge in [-0.15, -0.1) is 0 Å². The molecule has 1 heterocycles. The van der Waals surface area contributed by atoms with Gasteiger partial charge in [0.2, 0.25) is 20.0 Å². The number of piperazine rings is 1. The number of nitrogens with zero attached hydrogens (tertiary/aromatic N) is 2. The van der Waals surface area contributed by atoms with Crippen LogP contribution in [-0.4, -0.2) is 71.1 Å². The summed E-state index contributed by atoms with van der Waals surface area (Å²) in [6.45, 7) is 0.655. The molecule has 0 aromatic heterocycles. The highest BCUT2D eigenvalue weighted by Gasteiger charge is 2.42. The number of rotatable bonds is 6. The third kappa shape index (κ3) is 3.48. The van der Waals surface area contributed by atoms with Crippen molar-refractivity contribution in [2.75, 3.05) is 40.4 Å². The fraction of sp³-hybridized carbons (Fsp3) is 0.600. The van der Waals surface area contributed by atoms with Gasteiger partial charge in [-0.3, -0.25) is 0 Å². The highest BCUT2D eigenvalue weighted by molar-refractivity contribution is 7.90. The van der Waals surface area contributed by atoms with E-state index in [-0.39, 0.29) is 36.3 Å². The van der Waals surface area contributed by atoms with E-state index in [4.69, 9.17) is 9.47 Å². The van der Waals surface area contributed by atoms with Gasteiger partial charge < -0.3 is 9.47 Å². The quantitative estimate of drug-likeness (QED) is 0.702. The molecular weight excluding hydrogens is 368 g/mol. The normalized spacial score (nSPS) is 20.4. The first-order valence-electron chi connectivity index (χ1n) is 8.02. The molecule has 3 rings (SSSR count). The number of hydrogen-bond donors (Lipinski definition) is 0. The Morgan fingerprint density at radius 3 is 1.96 bits per heavy atom. The van der Waals surface area contributed by atoms with E-state index in [1.54, 1.807) is 6.07 Å². The van der Waals surface area contributed by atoms with Crippen LogP contribution in [0.2, 0.25) is 0 Å². The molecule has 1 saturated carbocycles. The number of hydrogen-bond acceptors (Lipinski definition) is 6. The topological polar surface area (TPSA) is 93.2 Å². The zero-order chi connectivity index (χ0) is 18.2. The number of benzene rings is 1. The van der Waals surface area contributed by atoms with Gasteiger partial charge >= 0.3 is 0 Å². The van der Waals surface area contributed by atoms with Crippen LogP contribution >= 0.6 is 0 Å². The molecule has 0 spiro atoms. The predicted molar refractivity (Wildman–Crippen MR) is 91.8 cm³/mol. The lowest BCUT2D eigenvalue weighted by Gasteiger charge is -2.33. The summed E-state index contributed by atoms with van der Waals surface area (Å²) in [7, 11) is -4.07. The summed E-state index contributed by atoms with van der Waals surface area (Å²) >= 11 is 0. The van der Waals surface area contributed by atoms with Gasteiger partial charge in [-0.25, -0.2) is 16.8 Å². The van der Waals surface area contributed by atoms with Crippen LogP contribution in [0.4, 0.5) is 0 Å². The third-order valence-electron chi connectivity index (χ3n) is 4.50. The maximum absolute atomic E-state index is 12.8. The summed E-state index contributed by atoms with van der Waals surface area (Å²) in [6.07, 6.45) is 1.40. The number of ether oxygens (including phenoxy) is 2. The van der Waals surface area contributed by atoms with E-state index in [1.807, 2.05) is 0 Å². The van der Waals surface area contributed by atoms with Crippen molar-refractivity contribution in [1.29, 1.82) is 0 Å². The lowest BCUT2D eigenvalue weighted by molar-refractivity contribution is 0.272. The highest BCUT2D eigenvalue weighted by atomic mass is 32.2. The van der Waals surface area contributed by atoms with Crippen LogP contribution in [0.1, 0.15) is 12.8 Å². The van der Waals surface area contributed by atoms with E-state index < -0.39 is 20.0 Å². The molecule has 2 aliphatic rings. The molecule has 0 radical (unpaired) electrons. The minimum atomic E-state index is -3.72. The van der Waals surface area contributed by atoms with Crippen molar-refractivity contribution in [1.82, 2.24) is 8.61 Å². The van der Waals surface area contributed by atoms with E-state index in [2.05, 4.69) is 0 Å². The first kappa shape index (κ1) is 18.4. The molecular formula is C15H22N2O6S2. The minimum absolute atomic E-state index is 0.101. The fourth-order valence-electron chi connectivity index (χ4n) is 2.87. The fourth-order valence-corrected chi connectivity index (χ4v) is 6.13. The first-order valence-corrected chi connectivity index (χ1v) is 11.0. The molecule has 0 atom stereocenters. The SMILES string of the molecule is COc1ccc(S(=O)(=O)N2CCN(S(=O)(=O)C3CC3)CC2)cc1OC. The summed E-state index contributed by atoms with van der Waals surface area (Å²) < 4.78 is 63.2. The molecule has 0 unspecified atom stereocenters. The molecule has 1 aliphatic heterocycles. The van der Waals surface area contributed by atoms with Crippen LogP contribution in [0.5, 0.6) is 11.5 Å². The van der Waals surface area contributed by atoms with Crippen LogP contribution in [0.15, 0.2) is 23.1 Å². The second-order valence-corrected chi connectivity index (χ2v) is 10.2. The van der Waals surface area contributed by atoms with Gasteiger partial charge in [0, 0.05) is 32.2 Å². The Kier molecular flexibility index (Phi) is 4.97. The second kappa shape index (κ2) is 6.75. The monoisotopic (exact) mass is 390 g/mol. The maximum atomic E-state index is 12.8. The Hall–Kier alpha value is -1.36. The van der Waals surface area contributed by atoms with Crippen molar-refractivity contribution in [3.63, 3.8) is 0 Å². The largest absolute Gasteiger partial charge is 0.493 e. The highest BCUT2D eigenvalue weighted by Crippen LogP contribution is 2.33. The van der Waals surface area contributed by atoms with Gasteiger partial charge in [0.05, 0.1) is 24.4 Å². The smallest absolute Gasteiger partial charge is 0.243 e. The van der Waals surface area contributed by atoms with Gasteiger partial charge in [0.1, 0.15) is 0 Å². The average Bonchev–Trinajstić information content (AvgIpc) is 3.46. The second-order valence-electron chi connectivity index (χ2n) is 6.06. The predicted octanol–water partition coefficient (Wildman–Crippen LogP) is 0.502. The van der Waals surface area contributed by atoms with Gasteiger partial charge in [-0.05, 0) is 25.0 Å². The van der Waals surface area contributed by atoms with Crippen LogP contribution < -0.4 is 9.47 Å². The van der Waals surface area contributed by atoms with Gasteiger partial charge in [0.25, 0.3) is 0 Å². The lowest BCUT2D eigenvalue weighted by Crippen LogP contribution is -2.51. The molecule has 0 bridgehead atoms. The minimum Gasteiger partial charge on any atom is -0.493 e. The van der Waals surface area contributed by atoms with Crippen molar-refractivity contribution >= 4 is 20.0 Å². The lowest BCUT2D eigenvalue weighted by atomic mass is 10.3. The molecule has 1 aromatic carbocycles. The van der Waals surface area contributed by atoms with Crippen molar-refractivity contribution in [3.8, 4) is 11.5 Å². The Bertz CT molecular complexity index is 841. The van der Waals surface area contributed by atoms with E-state index in [0.29, 0.717) is 24.3 Å². The van der Waals surface area contributed by atoms with E-state index >= 15 is 0 Å². The van der Waals surface area contributed by atoms with Gasteiger partial charge in [-0.1, -0.05) is 0 Å². The molecule has 1 saturated heterocycles. The molecule has 8 nitrogen and oxygen atoms in total. The Morgan fingerprint density at radius 1 is 0.880 bits per heavy atom. The third-order valence-corrected chi connectivity index (χ3v) is 8.79. The van der Waals surface area contributed by atoms with E-state index in [1.165, 1.54) is 35.0 Å². The molecule has 0 amide bonds. The van der Waals surface area contributed by atoms with E-state index in [9.17, 15) is 16.8 Å². The Balaban J connectivity index is 1.76. The molecule has 140 valence electrons. The summed E-state index contributed by atoms with van der Waals surface area (Å²) in [5, 5.41) is -0.276. The Morgan fingerprint density at radius 2 is 1.44 bits per heavy atom. The summed E-state index contributed by atoms with van der Waals surface area (Å²) in [6, 6.07) is 4.42. The summed E-state index contributed by atoms with van der Waals surface area (Å²) in [5.41, 5.74) is 0. The van der Waals surface area contributed by atoms with Crippen molar-refractivity contribution < 1.29 is 26.3 Å². The standard InChI is InChI=1S/C15H22N2O6S2/c1-22-14-6-5-13(11-15(14)23-2)25(20,21)17-9-7-16(8-10-17)24(18,19)12-3-4-12/h5-6,11-12H,3-4,7-10H2,1-2H3. The number of methoxy groups -OCH3 is 2. The van der Waals surface area contributed by atoms with Crippen LogP contribution in [0.25, 0.3) is 0 Å². The van der Waals surface area contributed by atoms with Crippen molar-refractivity contribution in [2.24, 2.45) is 0 Å². The van der Waals surface area contributed by atoms with Crippen LogP contribution in [-0.2, 0) is 20.0 Å². The molecule has 1 aromatic rings. The maximum Gasteiger partial charge on any atom is 0.243 e. The molecule has 1 aliphatic carbocycles. The molecule has 0 N–H and O–H groups in total. The Labute approximate surface area is 148 Å². The first-order chi connectivity index (χ1) is 11.8. The van der Waals surface area contributed by atoms with Crippen molar-refractivity contribution in [2.45, 2.75) is 23.0 Å². The van der Waals surface area contributed by atoms with Gasteiger partial charge in [0.15, 0.2) is 11.5 Å². The summed E-state index contributed by atoms with van der Waals surface area (Å²) in [5.74, 6) is 0.778. The zero-order valence-electron chi connectivity index (χ0n) is 14.2.